The molecule has 2 aromatic carbocycles. The monoisotopic (exact) mass is 384 g/mol. The summed E-state index contributed by atoms with van der Waals surface area (Å²) in [4.78, 5) is 25.5. The molecule has 28 heavy (non-hydrogen) atoms. The molecule has 0 spiro atoms. The summed E-state index contributed by atoms with van der Waals surface area (Å²) in [6, 6.07) is 15.1. The Labute approximate surface area is 164 Å². The van der Waals surface area contributed by atoms with Gasteiger partial charge in [0.15, 0.2) is 24.6 Å². The summed E-state index contributed by atoms with van der Waals surface area (Å²) >= 11 is 0. The van der Waals surface area contributed by atoms with Gasteiger partial charge in [0.2, 0.25) is 0 Å². The number of nitrogens with one attached hydrogen (secondary N) is 3. The molecule has 1 aliphatic heterocycles. The summed E-state index contributed by atoms with van der Waals surface area (Å²) in [5, 5.41) is 5.76. The third-order valence-electron chi connectivity index (χ3n) is 4.48. The van der Waals surface area contributed by atoms with Crippen LogP contribution in [-0.4, -0.2) is 44.7 Å². The number of amides is 2. The number of anilines is 1. The van der Waals surface area contributed by atoms with E-state index in [4.69, 9.17) is 9.47 Å². The van der Waals surface area contributed by atoms with Gasteiger partial charge < -0.3 is 25.0 Å². The fraction of sp³-hybridized carbons (Fsp3) is 0.333. The predicted molar refractivity (Wildman–Crippen MR) is 106 cm³/mol. The standard InChI is InChI=1S/C21H25N3O4/c1-2-24(14-20(25)22-13-16-6-4-3-5-7-16)15-21(26)23-17-8-9-18-19(12-17)28-11-10-27-18/h3-9,12H,2,10-11,13-15H2,1H3,(H,22,25)(H,23,26)/p+1. The average Bonchev–Trinajstić information content (AvgIpc) is 2.72. The van der Waals surface area contributed by atoms with Gasteiger partial charge in [-0.25, -0.2) is 0 Å². The normalized spacial score (nSPS) is 13.5. The maximum Gasteiger partial charge on any atom is 0.279 e. The van der Waals surface area contributed by atoms with Gasteiger partial charge in [-0.3, -0.25) is 9.59 Å². The quantitative estimate of drug-likeness (QED) is 0.623. The van der Waals surface area contributed by atoms with E-state index >= 15 is 0 Å². The minimum atomic E-state index is -0.149. The van der Waals surface area contributed by atoms with E-state index in [1.54, 1.807) is 18.2 Å². The smallest absolute Gasteiger partial charge is 0.279 e. The Kier molecular flexibility index (Phi) is 6.86. The first-order valence-electron chi connectivity index (χ1n) is 9.47. The van der Waals surface area contributed by atoms with Crippen LogP contribution in [0.1, 0.15) is 12.5 Å². The molecule has 3 N–H and O–H groups in total. The lowest BCUT2D eigenvalue weighted by Crippen LogP contribution is -3.13. The molecular weight excluding hydrogens is 358 g/mol. The molecule has 2 aromatic rings. The van der Waals surface area contributed by atoms with Gasteiger partial charge in [-0.1, -0.05) is 30.3 Å². The molecule has 0 aliphatic carbocycles. The number of hydrogen-bond donors (Lipinski definition) is 3. The molecule has 0 aromatic heterocycles. The highest BCUT2D eigenvalue weighted by molar-refractivity contribution is 5.92. The van der Waals surface area contributed by atoms with E-state index in [0.717, 1.165) is 10.5 Å². The van der Waals surface area contributed by atoms with Crippen LogP contribution in [0, 0.1) is 0 Å². The van der Waals surface area contributed by atoms with E-state index in [9.17, 15) is 9.59 Å². The minimum Gasteiger partial charge on any atom is -0.486 e. The van der Waals surface area contributed by atoms with Gasteiger partial charge in [-0.15, -0.1) is 0 Å². The molecule has 3 rings (SSSR count). The first-order chi connectivity index (χ1) is 13.6. The third-order valence-corrected chi connectivity index (χ3v) is 4.48. The van der Waals surface area contributed by atoms with E-state index < -0.39 is 0 Å². The number of carbonyl (C=O) groups excluding carboxylic acids is 2. The van der Waals surface area contributed by atoms with Crippen molar-refractivity contribution in [2.24, 2.45) is 0 Å². The van der Waals surface area contributed by atoms with Crippen LogP contribution in [0.5, 0.6) is 11.5 Å². The Bertz CT molecular complexity index is 811. The maximum atomic E-state index is 12.4. The second-order valence-electron chi connectivity index (χ2n) is 6.63. The Hall–Kier alpha value is -3.06. The molecule has 0 fully saturated rings. The molecule has 1 unspecified atom stereocenters. The molecule has 1 aliphatic rings. The van der Waals surface area contributed by atoms with E-state index in [0.29, 0.717) is 43.5 Å². The summed E-state index contributed by atoms with van der Waals surface area (Å²) in [6.07, 6.45) is 0. The van der Waals surface area contributed by atoms with Crippen molar-refractivity contribution in [1.29, 1.82) is 0 Å². The predicted octanol–water partition coefficient (Wildman–Crippen LogP) is 0.618. The van der Waals surface area contributed by atoms with Gasteiger partial charge >= 0.3 is 0 Å². The van der Waals surface area contributed by atoms with Crippen molar-refractivity contribution in [3.63, 3.8) is 0 Å². The number of ether oxygens (including phenoxy) is 2. The number of carbonyl (C=O) groups is 2. The molecule has 7 heteroatoms. The van der Waals surface area contributed by atoms with Crippen LogP contribution in [0.25, 0.3) is 0 Å². The van der Waals surface area contributed by atoms with Crippen molar-refractivity contribution in [1.82, 2.24) is 5.32 Å². The van der Waals surface area contributed by atoms with Gasteiger partial charge in [-0.05, 0) is 24.6 Å². The average molecular weight is 384 g/mol. The zero-order valence-corrected chi connectivity index (χ0v) is 16.0. The van der Waals surface area contributed by atoms with Gasteiger partial charge in [0.05, 0.1) is 6.54 Å². The number of fused-ring (bicyclic) bond motifs is 1. The van der Waals surface area contributed by atoms with E-state index in [1.807, 2.05) is 37.3 Å². The number of benzene rings is 2. The second kappa shape index (κ2) is 9.75. The summed E-state index contributed by atoms with van der Waals surface area (Å²) in [5.41, 5.74) is 1.70. The summed E-state index contributed by atoms with van der Waals surface area (Å²) in [7, 11) is 0. The topological polar surface area (TPSA) is 81.1 Å². The Balaban J connectivity index is 1.47. The van der Waals surface area contributed by atoms with Crippen molar-refractivity contribution in [2.45, 2.75) is 13.5 Å². The van der Waals surface area contributed by atoms with Crippen molar-refractivity contribution < 1.29 is 24.0 Å². The highest BCUT2D eigenvalue weighted by Gasteiger charge is 2.18. The largest absolute Gasteiger partial charge is 0.486 e. The molecule has 1 heterocycles. The number of rotatable bonds is 8. The lowest BCUT2D eigenvalue weighted by Gasteiger charge is -2.20. The molecule has 0 radical (unpaired) electrons. The van der Waals surface area contributed by atoms with Gasteiger partial charge in [-0.2, -0.15) is 0 Å². The van der Waals surface area contributed by atoms with Crippen LogP contribution in [-0.2, 0) is 16.1 Å². The van der Waals surface area contributed by atoms with Crippen LogP contribution >= 0.6 is 0 Å². The number of hydrogen-bond acceptors (Lipinski definition) is 4. The molecule has 7 nitrogen and oxygen atoms in total. The Morgan fingerprint density at radius 1 is 0.964 bits per heavy atom. The molecule has 1 atom stereocenters. The Morgan fingerprint density at radius 3 is 2.43 bits per heavy atom. The lowest BCUT2D eigenvalue weighted by atomic mass is 10.2. The van der Waals surface area contributed by atoms with Crippen molar-refractivity contribution in [2.75, 3.05) is 38.2 Å². The highest BCUT2D eigenvalue weighted by Crippen LogP contribution is 2.32. The molecule has 0 bridgehead atoms. The van der Waals surface area contributed by atoms with Gasteiger partial charge in [0.1, 0.15) is 13.2 Å². The third kappa shape index (κ3) is 5.72. The minimum absolute atomic E-state index is 0.0761. The molecular formula is C21H26N3O4+. The number of quaternary nitrogens is 1. The first-order valence-corrected chi connectivity index (χ1v) is 9.47. The molecule has 0 saturated carbocycles. The van der Waals surface area contributed by atoms with Crippen molar-refractivity contribution >= 4 is 17.5 Å². The fourth-order valence-corrected chi connectivity index (χ4v) is 2.95. The Morgan fingerprint density at radius 2 is 1.68 bits per heavy atom. The molecule has 0 saturated heterocycles. The van der Waals surface area contributed by atoms with Crippen LogP contribution in [0.2, 0.25) is 0 Å². The van der Waals surface area contributed by atoms with E-state index in [-0.39, 0.29) is 24.9 Å². The van der Waals surface area contributed by atoms with Gasteiger partial charge in [0.25, 0.3) is 11.8 Å². The van der Waals surface area contributed by atoms with Gasteiger partial charge in [0, 0.05) is 18.3 Å². The second-order valence-corrected chi connectivity index (χ2v) is 6.63. The molecule has 148 valence electrons. The number of likely N-dealkylation sites (N-methyl/N-ethyl adjacent to an activating group) is 1. The van der Waals surface area contributed by atoms with E-state index in [2.05, 4.69) is 10.6 Å². The summed E-state index contributed by atoms with van der Waals surface area (Å²) in [5.74, 6) is 1.08. The van der Waals surface area contributed by atoms with Crippen molar-refractivity contribution in [3.05, 3.63) is 54.1 Å². The maximum absolute atomic E-state index is 12.4. The van der Waals surface area contributed by atoms with E-state index in [1.165, 1.54) is 0 Å². The van der Waals surface area contributed by atoms with Crippen LogP contribution < -0.4 is 25.0 Å². The van der Waals surface area contributed by atoms with Crippen LogP contribution in [0.4, 0.5) is 5.69 Å². The summed E-state index contributed by atoms with van der Waals surface area (Å²) < 4.78 is 11.0. The molecule has 2 amide bonds. The highest BCUT2D eigenvalue weighted by atomic mass is 16.6. The first kappa shape index (κ1) is 19.7. The van der Waals surface area contributed by atoms with Crippen LogP contribution in [0.3, 0.4) is 0 Å². The zero-order valence-electron chi connectivity index (χ0n) is 16.0. The van der Waals surface area contributed by atoms with Crippen molar-refractivity contribution in [3.8, 4) is 11.5 Å². The SMILES string of the molecule is CC[NH+](CC(=O)NCc1ccccc1)CC(=O)Nc1ccc2c(c1)OCCO2. The zero-order chi connectivity index (χ0) is 19.8. The van der Waals surface area contributed by atoms with Crippen LogP contribution in [0.15, 0.2) is 48.5 Å². The summed E-state index contributed by atoms with van der Waals surface area (Å²) in [6.45, 7) is 4.60. The lowest BCUT2D eigenvalue weighted by molar-refractivity contribution is -0.881. The fourth-order valence-electron chi connectivity index (χ4n) is 2.95.